The van der Waals surface area contributed by atoms with E-state index in [1.165, 1.54) is 54.3 Å². The largest absolute Gasteiger partial charge is 0.482 e. The summed E-state index contributed by atoms with van der Waals surface area (Å²) in [6.07, 6.45) is 11.0. The van der Waals surface area contributed by atoms with Crippen molar-refractivity contribution in [3.8, 4) is 16.9 Å². The molecule has 2 aliphatic heterocycles. The van der Waals surface area contributed by atoms with Gasteiger partial charge in [0, 0.05) is 54.9 Å². The maximum atomic E-state index is 7.73. The van der Waals surface area contributed by atoms with Gasteiger partial charge in [0.05, 0.1) is 22.5 Å². The van der Waals surface area contributed by atoms with Gasteiger partial charge in [-0.2, -0.15) is 0 Å². The van der Waals surface area contributed by atoms with Crippen molar-refractivity contribution in [1.29, 1.82) is 0 Å². The molecule has 14 rings (SSSR count). The lowest BCUT2D eigenvalue weighted by atomic mass is 9.67. The van der Waals surface area contributed by atoms with Crippen LogP contribution in [0, 0.1) is 5.92 Å². The molecular formula is C63H42N2OS. The normalized spacial score (nSPS) is 17.3. The lowest BCUT2D eigenvalue weighted by Gasteiger charge is -2.39. The quantitative estimate of drug-likeness (QED) is 0.165. The van der Waals surface area contributed by atoms with Crippen LogP contribution in [0.3, 0.4) is 0 Å². The van der Waals surface area contributed by atoms with Crippen LogP contribution in [0.15, 0.2) is 264 Å². The highest BCUT2D eigenvalue weighted by atomic mass is 32.2. The van der Waals surface area contributed by atoms with E-state index in [1.54, 1.807) is 0 Å². The second kappa shape index (κ2) is 15.0. The van der Waals surface area contributed by atoms with Crippen molar-refractivity contribution in [3.63, 3.8) is 0 Å². The standard InChI is InChI=1S/C63H42N2OS/c1-4-23-43(24-5-1)64(44-25-6-2-7-26-44)55-40-42-22-11-13-30-47(42)61-59(55)49-39-41-21-10-12-29-46(41)60(62(49)66-61)65(45-27-8-3-9-28-45)54-36-20-35-53-58(54)48-31-14-15-32-50(48)63(53)51-33-16-18-37-56(51)67-57-38-19-17-34-52(57)63/h1-40,47,61H. The number of nitrogens with zero attached hydrogens (tertiary/aromatic N) is 2. The topological polar surface area (TPSA) is 15.7 Å². The Morgan fingerprint density at radius 3 is 1.78 bits per heavy atom. The van der Waals surface area contributed by atoms with Crippen LogP contribution in [0.4, 0.5) is 28.4 Å². The molecule has 316 valence electrons. The summed E-state index contributed by atoms with van der Waals surface area (Å²) in [5, 5.41) is 2.29. The Balaban J connectivity index is 1.08. The lowest BCUT2D eigenvalue weighted by molar-refractivity contribution is 0.244. The van der Waals surface area contributed by atoms with E-state index in [0.29, 0.717) is 0 Å². The van der Waals surface area contributed by atoms with Crippen molar-refractivity contribution in [2.45, 2.75) is 21.3 Å². The molecule has 9 aromatic carbocycles. The summed E-state index contributed by atoms with van der Waals surface area (Å²) in [7, 11) is 0. The number of rotatable bonds is 6. The molecule has 0 saturated heterocycles. The van der Waals surface area contributed by atoms with Gasteiger partial charge in [-0.25, -0.2) is 0 Å². The Kier molecular flexibility index (Phi) is 8.56. The maximum absolute atomic E-state index is 7.73. The van der Waals surface area contributed by atoms with Gasteiger partial charge in [0.1, 0.15) is 6.10 Å². The summed E-state index contributed by atoms with van der Waals surface area (Å²) in [6, 6.07) is 77.9. The number of para-hydroxylation sites is 3. The summed E-state index contributed by atoms with van der Waals surface area (Å²) >= 11 is 1.88. The molecule has 0 N–H and O–H groups in total. The molecule has 3 nitrogen and oxygen atoms in total. The minimum Gasteiger partial charge on any atom is -0.482 e. The molecule has 0 aromatic heterocycles. The number of anilines is 5. The van der Waals surface area contributed by atoms with Crippen LogP contribution >= 0.6 is 11.8 Å². The number of hydrogen-bond donors (Lipinski definition) is 0. The fourth-order valence-electron chi connectivity index (χ4n) is 11.8. The molecule has 2 atom stereocenters. The van der Waals surface area contributed by atoms with Crippen LogP contribution in [-0.2, 0) is 5.41 Å². The number of allylic oxidation sites excluding steroid dienone is 4. The van der Waals surface area contributed by atoms with Crippen molar-refractivity contribution >= 4 is 56.5 Å². The fraction of sp³-hybridized carbons (Fsp3) is 0.0476. The van der Waals surface area contributed by atoms with Crippen molar-refractivity contribution in [3.05, 3.63) is 282 Å². The van der Waals surface area contributed by atoms with E-state index in [4.69, 9.17) is 4.74 Å². The van der Waals surface area contributed by atoms with E-state index in [0.717, 1.165) is 56.2 Å². The predicted molar refractivity (Wildman–Crippen MR) is 276 cm³/mol. The van der Waals surface area contributed by atoms with Crippen molar-refractivity contribution in [2.75, 3.05) is 9.80 Å². The smallest absolute Gasteiger partial charge is 0.152 e. The van der Waals surface area contributed by atoms with Crippen LogP contribution in [0.1, 0.15) is 27.8 Å². The highest BCUT2D eigenvalue weighted by Crippen LogP contribution is 2.65. The zero-order valence-corrected chi connectivity index (χ0v) is 37.3. The number of fused-ring (bicyclic) bond motifs is 15. The van der Waals surface area contributed by atoms with Gasteiger partial charge in [0.15, 0.2) is 5.75 Å². The second-order valence-corrected chi connectivity index (χ2v) is 18.9. The van der Waals surface area contributed by atoms with Gasteiger partial charge in [-0.3, -0.25) is 0 Å². The Morgan fingerprint density at radius 2 is 1.07 bits per heavy atom. The lowest BCUT2D eigenvalue weighted by Crippen LogP contribution is -2.32. The third kappa shape index (κ3) is 5.54. The van der Waals surface area contributed by atoms with E-state index < -0.39 is 5.41 Å². The van der Waals surface area contributed by atoms with E-state index in [-0.39, 0.29) is 12.0 Å². The zero-order valence-electron chi connectivity index (χ0n) is 36.5. The highest BCUT2D eigenvalue weighted by Gasteiger charge is 2.52. The SMILES string of the molecule is C1=CC2=CC(N(c3ccccc3)c3ccccc3)=C3c4cc5ccccc5c(N(c5ccccc5)c5cccc6c5-c5ccccc5C65c6ccccc6Sc6ccccc65)c4OC3C2C=C1. The molecule has 1 spiro atoms. The van der Waals surface area contributed by atoms with Gasteiger partial charge in [0.25, 0.3) is 0 Å². The van der Waals surface area contributed by atoms with Gasteiger partial charge in [-0.15, -0.1) is 0 Å². The fourth-order valence-corrected chi connectivity index (χ4v) is 12.9. The summed E-state index contributed by atoms with van der Waals surface area (Å²) in [5.41, 5.74) is 17.3. The summed E-state index contributed by atoms with van der Waals surface area (Å²) < 4.78 is 7.73. The number of ether oxygens (including phenoxy) is 1. The third-order valence-electron chi connectivity index (χ3n) is 14.4. The molecule has 3 aliphatic carbocycles. The van der Waals surface area contributed by atoms with Crippen LogP contribution in [0.2, 0.25) is 0 Å². The molecule has 2 unspecified atom stereocenters. The van der Waals surface area contributed by atoms with Gasteiger partial charge in [0.2, 0.25) is 0 Å². The monoisotopic (exact) mass is 874 g/mol. The molecule has 5 aliphatic rings. The molecule has 0 bridgehead atoms. The van der Waals surface area contributed by atoms with Gasteiger partial charge >= 0.3 is 0 Å². The van der Waals surface area contributed by atoms with Crippen molar-refractivity contribution < 1.29 is 4.74 Å². The first-order chi connectivity index (χ1) is 33.3. The summed E-state index contributed by atoms with van der Waals surface area (Å²) in [6.45, 7) is 0. The van der Waals surface area contributed by atoms with E-state index >= 15 is 0 Å². The highest BCUT2D eigenvalue weighted by molar-refractivity contribution is 7.99. The molecule has 2 heterocycles. The Morgan fingerprint density at radius 1 is 0.493 bits per heavy atom. The third-order valence-corrected chi connectivity index (χ3v) is 15.6. The minimum absolute atomic E-state index is 0.0303. The van der Waals surface area contributed by atoms with Crippen molar-refractivity contribution in [1.82, 2.24) is 0 Å². The van der Waals surface area contributed by atoms with Gasteiger partial charge < -0.3 is 14.5 Å². The second-order valence-electron chi connectivity index (χ2n) is 17.8. The Labute approximate surface area is 394 Å². The first-order valence-corrected chi connectivity index (χ1v) is 24.0. The maximum Gasteiger partial charge on any atom is 0.152 e. The van der Waals surface area contributed by atoms with E-state index in [9.17, 15) is 0 Å². The Bertz CT molecular complexity index is 3520. The summed E-state index contributed by atoms with van der Waals surface area (Å²) in [5.74, 6) is 0.921. The number of hydrogen-bond acceptors (Lipinski definition) is 4. The van der Waals surface area contributed by atoms with Gasteiger partial charge in [-0.05, 0) is 106 Å². The molecule has 67 heavy (non-hydrogen) atoms. The van der Waals surface area contributed by atoms with Crippen LogP contribution in [-0.4, -0.2) is 6.10 Å². The zero-order chi connectivity index (χ0) is 44.1. The van der Waals surface area contributed by atoms with E-state index in [1.807, 2.05) is 11.8 Å². The molecule has 0 fully saturated rings. The summed E-state index contributed by atoms with van der Waals surface area (Å²) in [4.78, 5) is 7.51. The molecular weight excluding hydrogens is 833 g/mol. The number of benzene rings is 9. The van der Waals surface area contributed by atoms with Crippen LogP contribution in [0.25, 0.3) is 27.5 Å². The van der Waals surface area contributed by atoms with Crippen molar-refractivity contribution in [2.24, 2.45) is 5.92 Å². The van der Waals surface area contributed by atoms with E-state index in [2.05, 4.69) is 253 Å². The average molecular weight is 875 g/mol. The van der Waals surface area contributed by atoms with Gasteiger partial charge in [-0.1, -0.05) is 188 Å². The molecule has 0 radical (unpaired) electrons. The predicted octanol–water partition coefficient (Wildman–Crippen LogP) is 16.1. The minimum atomic E-state index is -0.518. The molecule has 0 saturated carbocycles. The Hall–Kier alpha value is -8.05. The average Bonchev–Trinajstić information content (AvgIpc) is 3.92. The molecule has 4 heteroatoms. The molecule has 0 amide bonds. The first kappa shape index (κ1) is 38.2. The first-order valence-electron chi connectivity index (χ1n) is 23.2. The van der Waals surface area contributed by atoms with Crippen LogP contribution in [0.5, 0.6) is 5.75 Å². The van der Waals surface area contributed by atoms with Crippen LogP contribution < -0.4 is 14.5 Å². The molecule has 9 aromatic rings.